The van der Waals surface area contributed by atoms with Crippen LogP contribution in [0.4, 0.5) is 0 Å². The van der Waals surface area contributed by atoms with E-state index in [0.29, 0.717) is 0 Å². The van der Waals surface area contributed by atoms with Gasteiger partial charge in [0.25, 0.3) is 0 Å². The summed E-state index contributed by atoms with van der Waals surface area (Å²) in [7, 11) is 0. The van der Waals surface area contributed by atoms with Crippen LogP contribution in [0.1, 0.15) is 45.6 Å². The van der Waals surface area contributed by atoms with Crippen LogP contribution >= 0.6 is 11.8 Å². The van der Waals surface area contributed by atoms with Gasteiger partial charge in [-0.3, -0.25) is 0 Å². The highest BCUT2D eigenvalue weighted by molar-refractivity contribution is 7.99. The molecule has 0 spiro atoms. The minimum Gasteiger partial charge on any atom is -0.396 e. The van der Waals surface area contributed by atoms with Gasteiger partial charge in [0.1, 0.15) is 0 Å². The largest absolute Gasteiger partial charge is 0.396 e. The lowest BCUT2D eigenvalue weighted by Crippen LogP contribution is -2.22. The first kappa shape index (κ1) is 16.3. The average molecular weight is 278 g/mol. The van der Waals surface area contributed by atoms with Gasteiger partial charge in [-0.25, -0.2) is 0 Å². The smallest absolute Gasteiger partial charge is 0.0444 e. The summed E-state index contributed by atoms with van der Waals surface area (Å²) in [6.45, 7) is 6.82. The van der Waals surface area contributed by atoms with Crippen molar-refractivity contribution in [3.63, 3.8) is 0 Å². The maximum absolute atomic E-state index is 9.28. The number of allylic oxidation sites excluding steroid dienone is 2. The zero-order valence-electron chi connectivity index (χ0n) is 12.4. The van der Waals surface area contributed by atoms with Crippen LogP contribution in [0, 0.1) is 0 Å². The third-order valence-corrected chi connectivity index (χ3v) is 4.88. The highest BCUT2D eigenvalue weighted by atomic mass is 32.2. The van der Waals surface area contributed by atoms with Crippen LogP contribution in [0.2, 0.25) is 0 Å². The van der Waals surface area contributed by atoms with Gasteiger partial charge in [0.15, 0.2) is 0 Å². The molecule has 1 unspecified atom stereocenters. The van der Waals surface area contributed by atoms with Gasteiger partial charge in [-0.15, -0.1) is 0 Å². The second-order valence-corrected chi connectivity index (χ2v) is 7.08. The number of aliphatic hydroxyl groups is 1. The first-order chi connectivity index (χ1) is 9.06. The number of benzene rings is 1. The second kappa shape index (κ2) is 8.44. The molecular weight excluding hydrogens is 252 g/mol. The van der Waals surface area contributed by atoms with E-state index in [-0.39, 0.29) is 11.4 Å². The number of aliphatic hydroxyl groups excluding tert-OH is 1. The van der Waals surface area contributed by atoms with Gasteiger partial charge >= 0.3 is 0 Å². The molecule has 0 saturated carbocycles. The van der Waals surface area contributed by atoms with Crippen molar-refractivity contribution in [2.45, 2.75) is 50.5 Å². The minimum absolute atomic E-state index is 0.163. The van der Waals surface area contributed by atoms with Crippen molar-refractivity contribution < 1.29 is 5.11 Å². The van der Waals surface area contributed by atoms with Crippen LogP contribution in [-0.4, -0.2) is 16.5 Å². The molecule has 1 rings (SSSR count). The molecule has 1 atom stereocenters. The normalized spacial score (nSPS) is 13.9. The lowest BCUT2D eigenvalue weighted by Gasteiger charge is -2.28. The molecule has 0 aliphatic rings. The Balaban J connectivity index is 2.52. The zero-order chi connectivity index (χ0) is 14.1. The second-order valence-electron chi connectivity index (χ2n) is 5.52. The predicted octanol–water partition coefficient (Wildman–Crippen LogP) is 4.81. The summed E-state index contributed by atoms with van der Waals surface area (Å²) < 4.78 is 0.163. The summed E-state index contributed by atoms with van der Waals surface area (Å²) in [5, 5.41) is 9.28. The van der Waals surface area contributed by atoms with Crippen molar-refractivity contribution in [3.05, 3.63) is 47.5 Å². The highest BCUT2D eigenvalue weighted by Gasteiger charge is 2.23. The van der Waals surface area contributed by atoms with Crippen molar-refractivity contribution in [1.82, 2.24) is 0 Å². The topological polar surface area (TPSA) is 20.2 Å². The Kier molecular flexibility index (Phi) is 7.25. The standard InChI is InChI=1S/C17H26OS/c1-15(2)8-7-11-17(3,12-13-18)19-14-16-9-5-4-6-10-16/h4-6,8-10,18H,7,11-14H2,1-3H3. The molecule has 2 heteroatoms. The monoisotopic (exact) mass is 278 g/mol. The van der Waals surface area contributed by atoms with E-state index in [1.165, 1.54) is 11.1 Å². The van der Waals surface area contributed by atoms with E-state index < -0.39 is 0 Å². The van der Waals surface area contributed by atoms with E-state index in [1.54, 1.807) is 0 Å². The van der Waals surface area contributed by atoms with E-state index in [2.05, 4.69) is 57.2 Å². The maximum Gasteiger partial charge on any atom is 0.0444 e. The number of rotatable bonds is 8. The van der Waals surface area contributed by atoms with Crippen molar-refractivity contribution >= 4 is 11.8 Å². The Morgan fingerprint density at radius 2 is 1.89 bits per heavy atom. The number of thioether (sulfide) groups is 1. The van der Waals surface area contributed by atoms with E-state index >= 15 is 0 Å². The van der Waals surface area contributed by atoms with Crippen molar-refractivity contribution in [2.24, 2.45) is 0 Å². The Morgan fingerprint density at radius 3 is 2.47 bits per heavy atom. The van der Waals surface area contributed by atoms with E-state index in [1.807, 2.05) is 11.8 Å². The van der Waals surface area contributed by atoms with E-state index in [4.69, 9.17) is 0 Å². The number of hydrogen-bond acceptors (Lipinski definition) is 2. The molecule has 0 aliphatic carbocycles. The molecule has 1 aromatic rings. The summed E-state index contributed by atoms with van der Waals surface area (Å²) in [5.74, 6) is 1.02. The fraction of sp³-hybridized carbons (Fsp3) is 0.529. The van der Waals surface area contributed by atoms with E-state index in [0.717, 1.165) is 25.0 Å². The molecule has 19 heavy (non-hydrogen) atoms. The third-order valence-electron chi connectivity index (χ3n) is 3.30. The first-order valence-electron chi connectivity index (χ1n) is 6.98. The van der Waals surface area contributed by atoms with Crippen LogP contribution in [0.25, 0.3) is 0 Å². The Hall–Kier alpha value is -0.730. The van der Waals surface area contributed by atoms with Gasteiger partial charge in [0, 0.05) is 17.1 Å². The van der Waals surface area contributed by atoms with Crippen LogP contribution in [-0.2, 0) is 5.75 Å². The fourth-order valence-corrected chi connectivity index (χ4v) is 3.21. The summed E-state index contributed by atoms with van der Waals surface area (Å²) >= 11 is 1.96. The lowest BCUT2D eigenvalue weighted by molar-refractivity contribution is 0.268. The van der Waals surface area contributed by atoms with Crippen LogP contribution in [0.5, 0.6) is 0 Å². The Labute approximate surface area is 122 Å². The molecule has 1 aromatic carbocycles. The van der Waals surface area contributed by atoms with Gasteiger partial charge in [-0.2, -0.15) is 11.8 Å². The molecule has 1 N–H and O–H groups in total. The highest BCUT2D eigenvalue weighted by Crippen LogP contribution is 2.35. The molecule has 0 radical (unpaired) electrons. The van der Waals surface area contributed by atoms with Crippen LogP contribution in [0.15, 0.2) is 42.0 Å². The zero-order valence-corrected chi connectivity index (χ0v) is 13.2. The SMILES string of the molecule is CC(C)=CCCC(C)(CCO)SCc1ccccc1. The molecular formula is C17H26OS. The van der Waals surface area contributed by atoms with Crippen LogP contribution < -0.4 is 0 Å². The van der Waals surface area contributed by atoms with E-state index in [9.17, 15) is 5.11 Å². The summed E-state index contributed by atoms with van der Waals surface area (Å²) in [6.07, 6.45) is 5.37. The van der Waals surface area contributed by atoms with Gasteiger partial charge in [-0.05, 0) is 38.7 Å². The lowest BCUT2D eigenvalue weighted by atomic mass is 10.0. The first-order valence-corrected chi connectivity index (χ1v) is 7.96. The molecule has 0 bridgehead atoms. The van der Waals surface area contributed by atoms with Crippen molar-refractivity contribution in [3.8, 4) is 0 Å². The molecule has 0 saturated heterocycles. The van der Waals surface area contributed by atoms with Crippen molar-refractivity contribution in [1.29, 1.82) is 0 Å². The molecule has 0 amide bonds. The third kappa shape index (κ3) is 6.84. The van der Waals surface area contributed by atoms with Gasteiger partial charge < -0.3 is 5.11 Å². The number of hydrogen-bond donors (Lipinski definition) is 1. The molecule has 106 valence electrons. The molecule has 0 fully saturated rings. The fourth-order valence-electron chi connectivity index (χ4n) is 2.00. The average Bonchev–Trinajstić information content (AvgIpc) is 2.38. The predicted molar refractivity (Wildman–Crippen MR) is 86.5 cm³/mol. The van der Waals surface area contributed by atoms with Gasteiger partial charge in [0.05, 0.1) is 0 Å². The Morgan fingerprint density at radius 1 is 1.21 bits per heavy atom. The minimum atomic E-state index is 0.163. The van der Waals surface area contributed by atoms with Gasteiger partial charge in [0.2, 0.25) is 0 Å². The Bertz CT molecular complexity index is 382. The summed E-state index contributed by atoms with van der Waals surface area (Å²) in [5.41, 5.74) is 2.73. The van der Waals surface area contributed by atoms with Crippen LogP contribution in [0.3, 0.4) is 0 Å². The van der Waals surface area contributed by atoms with Gasteiger partial charge in [-0.1, -0.05) is 48.9 Å². The summed E-state index contributed by atoms with van der Waals surface area (Å²) in [6, 6.07) is 10.6. The quantitative estimate of drug-likeness (QED) is 0.689. The molecule has 0 aliphatic heterocycles. The molecule has 1 nitrogen and oxygen atoms in total. The molecule has 0 heterocycles. The maximum atomic E-state index is 9.28. The summed E-state index contributed by atoms with van der Waals surface area (Å²) in [4.78, 5) is 0. The van der Waals surface area contributed by atoms with Crippen molar-refractivity contribution in [2.75, 3.05) is 6.61 Å². The molecule has 0 aromatic heterocycles.